The quantitative estimate of drug-likeness (QED) is 0.902. The number of nitrogens with one attached hydrogen (secondary N) is 1. The first-order chi connectivity index (χ1) is 9.90. The Kier molecular flexibility index (Phi) is 5.01. The van der Waals surface area contributed by atoms with Crippen LogP contribution in [-0.4, -0.2) is 48.9 Å². The maximum Gasteiger partial charge on any atom is 0.238 e. The van der Waals surface area contributed by atoms with E-state index in [0.717, 1.165) is 12.1 Å². The Hall–Kier alpha value is -1.39. The SMILES string of the molecule is CC(C)c1ccc(C2NCC(=O)N2CC(C)N(C)C)cc1. The number of rotatable bonds is 5. The molecule has 0 saturated carbocycles. The first-order valence-corrected chi connectivity index (χ1v) is 7.69. The summed E-state index contributed by atoms with van der Waals surface area (Å²) in [7, 11) is 4.09. The summed E-state index contributed by atoms with van der Waals surface area (Å²) in [4.78, 5) is 16.2. The summed E-state index contributed by atoms with van der Waals surface area (Å²) in [6.07, 6.45) is 0.00103. The monoisotopic (exact) mass is 289 g/mol. The number of amides is 1. The molecule has 21 heavy (non-hydrogen) atoms. The van der Waals surface area contributed by atoms with Crippen molar-refractivity contribution in [3.63, 3.8) is 0 Å². The summed E-state index contributed by atoms with van der Waals surface area (Å²) in [5.74, 6) is 0.712. The van der Waals surface area contributed by atoms with Crippen molar-refractivity contribution in [1.29, 1.82) is 0 Å². The molecule has 1 heterocycles. The van der Waals surface area contributed by atoms with Crippen LogP contribution in [0.1, 0.15) is 44.0 Å². The fraction of sp³-hybridized carbons (Fsp3) is 0.588. The van der Waals surface area contributed by atoms with Crippen molar-refractivity contribution < 1.29 is 4.79 Å². The second-order valence-electron chi connectivity index (χ2n) is 6.46. The molecule has 0 radical (unpaired) electrons. The molecule has 4 nitrogen and oxygen atoms in total. The number of nitrogens with zero attached hydrogens (tertiary/aromatic N) is 2. The third kappa shape index (κ3) is 3.63. The zero-order chi connectivity index (χ0) is 15.6. The molecule has 4 heteroatoms. The third-order valence-electron chi connectivity index (χ3n) is 4.34. The van der Waals surface area contributed by atoms with Crippen LogP contribution in [0.15, 0.2) is 24.3 Å². The maximum absolute atomic E-state index is 12.1. The molecular weight excluding hydrogens is 262 g/mol. The molecule has 1 aliphatic rings. The van der Waals surface area contributed by atoms with E-state index in [2.05, 4.69) is 55.3 Å². The van der Waals surface area contributed by atoms with Gasteiger partial charge >= 0.3 is 0 Å². The minimum absolute atomic E-state index is 0.00103. The number of hydrogen-bond donors (Lipinski definition) is 1. The van der Waals surface area contributed by atoms with E-state index in [9.17, 15) is 4.79 Å². The van der Waals surface area contributed by atoms with Crippen LogP contribution in [0.5, 0.6) is 0 Å². The summed E-state index contributed by atoms with van der Waals surface area (Å²) in [5, 5.41) is 3.32. The van der Waals surface area contributed by atoms with E-state index >= 15 is 0 Å². The molecule has 0 bridgehead atoms. The van der Waals surface area contributed by atoms with Gasteiger partial charge in [0.1, 0.15) is 6.17 Å². The highest BCUT2D eigenvalue weighted by atomic mass is 16.2. The lowest BCUT2D eigenvalue weighted by molar-refractivity contribution is -0.128. The van der Waals surface area contributed by atoms with Crippen LogP contribution in [0.2, 0.25) is 0 Å². The number of carbonyl (C=O) groups is 1. The highest BCUT2D eigenvalue weighted by Crippen LogP contribution is 2.25. The van der Waals surface area contributed by atoms with Crippen molar-refractivity contribution in [3.05, 3.63) is 35.4 Å². The van der Waals surface area contributed by atoms with Crippen LogP contribution < -0.4 is 5.32 Å². The molecule has 1 aromatic rings. The van der Waals surface area contributed by atoms with Gasteiger partial charge < -0.3 is 9.80 Å². The van der Waals surface area contributed by atoms with Crippen molar-refractivity contribution in [2.75, 3.05) is 27.2 Å². The molecule has 0 aromatic heterocycles. The highest BCUT2D eigenvalue weighted by molar-refractivity contribution is 5.81. The largest absolute Gasteiger partial charge is 0.320 e. The van der Waals surface area contributed by atoms with E-state index in [0.29, 0.717) is 18.5 Å². The second-order valence-corrected chi connectivity index (χ2v) is 6.46. The molecule has 116 valence electrons. The standard InChI is InChI=1S/C17H27N3O/c1-12(2)14-6-8-15(9-7-14)17-18-10-16(21)20(17)11-13(3)19(4)5/h6-9,12-13,17-18H,10-11H2,1-5H3. The molecule has 1 aliphatic heterocycles. The lowest BCUT2D eigenvalue weighted by Crippen LogP contribution is -2.41. The third-order valence-corrected chi connectivity index (χ3v) is 4.34. The summed E-state index contributed by atoms with van der Waals surface area (Å²) in [5.41, 5.74) is 2.49. The Morgan fingerprint density at radius 2 is 1.86 bits per heavy atom. The van der Waals surface area contributed by atoms with Crippen LogP contribution in [0, 0.1) is 0 Å². The molecule has 1 amide bonds. The second kappa shape index (κ2) is 6.58. The minimum Gasteiger partial charge on any atom is -0.320 e. The summed E-state index contributed by atoms with van der Waals surface area (Å²) >= 11 is 0. The lowest BCUT2D eigenvalue weighted by atomic mass is 10.0. The van der Waals surface area contributed by atoms with Gasteiger partial charge in [0.05, 0.1) is 6.54 Å². The van der Waals surface area contributed by atoms with Gasteiger partial charge in [-0.2, -0.15) is 0 Å². The Morgan fingerprint density at radius 1 is 1.24 bits per heavy atom. The van der Waals surface area contributed by atoms with Gasteiger partial charge in [-0.25, -0.2) is 0 Å². The Balaban J connectivity index is 2.15. The van der Waals surface area contributed by atoms with Gasteiger partial charge in [-0.05, 0) is 38.1 Å². The first kappa shape index (κ1) is 16.0. The van der Waals surface area contributed by atoms with E-state index in [4.69, 9.17) is 0 Å². The number of benzene rings is 1. The van der Waals surface area contributed by atoms with E-state index in [1.807, 2.05) is 19.0 Å². The van der Waals surface area contributed by atoms with E-state index < -0.39 is 0 Å². The van der Waals surface area contributed by atoms with Crippen LogP contribution in [-0.2, 0) is 4.79 Å². The molecular formula is C17H27N3O. The van der Waals surface area contributed by atoms with Gasteiger partial charge in [0.25, 0.3) is 0 Å². The van der Waals surface area contributed by atoms with Gasteiger partial charge in [0.15, 0.2) is 0 Å². The molecule has 2 rings (SSSR count). The topological polar surface area (TPSA) is 35.6 Å². The van der Waals surface area contributed by atoms with Crippen molar-refractivity contribution in [2.24, 2.45) is 0 Å². The van der Waals surface area contributed by atoms with Crippen LogP contribution >= 0.6 is 0 Å². The van der Waals surface area contributed by atoms with Crippen molar-refractivity contribution in [1.82, 2.24) is 15.1 Å². The van der Waals surface area contributed by atoms with Crippen molar-refractivity contribution >= 4 is 5.91 Å². The molecule has 2 atom stereocenters. The Labute approximate surface area is 128 Å². The van der Waals surface area contributed by atoms with E-state index in [-0.39, 0.29) is 12.1 Å². The van der Waals surface area contributed by atoms with Crippen molar-refractivity contribution in [2.45, 2.75) is 38.9 Å². The zero-order valence-electron chi connectivity index (χ0n) is 13.8. The minimum atomic E-state index is 0.00103. The molecule has 1 saturated heterocycles. The van der Waals surface area contributed by atoms with E-state index in [1.54, 1.807) is 0 Å². The van der Waals surface area contributed by atoms with Crippen LogP contribution in [0.4, 0.5) is 0 Å². The smallest absolute Gasteiger partial charge is 0.238 e. The van der Waals surface area contributed by atoms with Crippen LogP contribution in [0.3, 0.4) is 0 Å². The van der Waals surface area contributed by atoms with Gasteiger partial charge in [-0.15, -0.1) is 0 Å². The average Bonchev–Trinajstić information content (AvgIpc) is 2.80. The molecule has 2 unspecified atom stereocenters. The predicted octanol–water partition coefficient (Wildman–Crippen LogP) is 2.19. The van der Waals surface area contributed by atoms with Gasteiger partial charge in [0, 0.05) is 12.6 Å². The lowest BCUT2D eigenvalue weighted by Gasteiger charge is -2.30. The molecule has 1 aromatic carbocycles. The molecule has 0 spiro atoms. The maximum atomic E-state index is 12.1. The summed E-state index contributed by atoms with van der Waals surface area (Å²) < 4.78 is 0. The fourth-order valence-corrected chi connectivity index (χ4v) is 2.56. The van der Waals surface area contributed by atoms with Gasteiger partial charge in [-0.1, -0.05) is 38.1 Å². The van der Waals surface area contributed by atoms with E-state index in [1.165, 1.54) is 5.56 Å². The first-order valence-electron chi connectivity index (χ1n) is 7.69. The number of carbonyl (C=O) groups excluding carboxylic acids is 1. The Bertz CT molecular complexity index is 481. The van der Waals surface area contributed by atoms with Gasteiger partial charge in [-0.3, -0.25) is 10.1 Å². The zero-order valence-corrected chi connectivity index (χ0v) is 13.8. The summed E-state index contributed by atoms with van der Waals surface area (Å²) in [6, 6.07) is 8.94. The molecule has 0 aliphatic carbocycles. The molecule has 1 N–H and O–H groups in total. The van der Waals surface area contributed by atoms with Crippen molar-refractivity contribution in [3.8, 4) is 0 Å². The van der Waals surface area contributed by atoms with Crippen LogP contribution in [0.25, 0.3) is 0 Å². The highest BCUT2D eigenvalue weighted by Gasteiger charge is 2.32. The Morgan fingerprint density at radius 3 is 2.38 bits per heavy atom. The number of hydrogen-bond acceptors (Lipinski definition) is 3. The molecule has 1 fully saturated rings. The fourth-order valence-electron chi connectivity index (χ4n) is 2.56. The normalized spacial score (nSPS) is 20.6. The summed E-state index contributed by atoms with van der Waals surface area (Å²) in [6.45, 7) is 7.70. The van der Waals surface area contributed by atoms with Gasteiger partial charge in [0.2, 0.25) is 5.91 Å². The predicted molar refractivity (Wildman–Crippen MR) is 86.1 cm³/mol. The number of likely N-dealkylation sites (N-methyl/N-ethyl adjacent to an activating group) is 1. The average molecular weight is 289 g/mol.